The molecular formula is C25H24FN3O3S. The van der Waals surface area contributed by atoms with E-state index in [0.717, 1.165) is 5.56 Å². The van der Waals surface area contributed by atoms with Crippen LogP contribution in [-0.4, -0.2) is 29.1 Å². The van der Waals surface area contributed by atoms with Crippen molar-refractivity contribution >= 4 is 28.8 Å². The van der Waals surface area contributed by atoms with E-state index in [1.54, 1.807) is 23.1 Å². The number of carbonyl (C=O) groups is 2. The van der Waals surface area contributed by atoms with Gasteiger partial charge in [-0.15, -0.1) is 0 Å². The topological polar surface area (TPSA) is 71.0 Å². The van der Waals surface area contributed by atoms with Crippen molar-refractivity contribution in [3.05, 3.63) is 93.9 Å². The number of amides is 1. The number of amidine groups is 1. The van der Waals surface area contributed by atoms with E-state index in [9.17, 15) is 14.0 Å². The van der Waals surface area contributed by atoms with Crippen LogP contribution in [-0.2, 0) is 20.9 Å². The van der Waals surface area contributed by atoms with E-state index in [1.807, 2.05) is 42.7 Å². The van der Waals surface area contributed by atoms with Gasteiger partial charge in [-0.25, -0.2) is 14.2 Å². The number of rotatable bonds is 7. The molecule has 33 heavy (non-hydrogen) atoms. The highest BCUT2D eigenvalue weighted by Crippen LogP contribution is 2.45. The molecule has 0 spiro atoms. The van der Waals surface area contributed by atoms with Crippen molar-refractivity contribution in [3.63, 3.8) is 0 Å². The van der Waals surface area contributed by atoms with Gasteiger partial charge in [-0.05, 0) is 23.5 Å². The Morgan fingerprint density at radius 1 is 1.15 bits per heavy atom. The van der Waals surface area contributed by atoms with Crippen LogP contribution in [0.25, 0.3) is 0 Å². The van der Waals surface area contributed by atoms with Gasteiger partial charge in [-0.3, -0.25) is 4.79 Å². The Labute approximate surface area is 196 Å². The highest BCUT2D eigenvalue weighted by molar-refractivity contribution is 8.16. The number of aliphatic imine (C=N–C) groups is 1. The number of fused-ring (bicyclic) bond motifs is 1. The number of benzene rings is 2. The lowest BCUT2D eigenvalue weighted by Crippen LogP contribution is -2.38. The Morgan fingerprint density at radius 2 is 1.88 bits per heavy atom. The second kappa shape index (κ2) is 10.0. The summed E-state index contributed by atoms with van der Waals surface area (Å²) in [6.07, 6.45) is 0.555. The number of methoxy groups -OCH3 is 1. The number of esters is 1. The lowest BCUT2D eigenvalue weighted by atomic mass is 9.92. The predicted octanol–water partition coefficient (Wildman–Crippen LogP) is 4.67. The van der Waals surface area contributed by atoms with Gasteiger partial charge >= 0.3 is 5.97 Å². The standard InChI is InChI=1S/C25H24FN3O3S/c1-3-20-22(24(31)32-2)23(18-11-7-8-12-19(18)26)29-17(15-33-25(29)28-20)13-21(30)27-14-16-9-5-4-6-10-16/h4-12,15,23H,3,13-14H2,1-2H3,(H,27,30)/t23-/m0/s1. The number of nitrogens with one attached hydrogen (secondary N) is 1. The maximum Gasteiger partial charge on any atom is 0.338 e. The molecule has 2 aromatic carbocycles. The van der Waals surface area contributed by atoms with Crippen LogP contribution in [0.4, 0.5) is 4.39 Å². The molecule has 4 rings (SSSR count). The van der Waals surface area contributed by atoms with E-state index >= 15 is 0 Å². The third-order valence-corrected chi connectivity index (χ3v) is 6.39. The summed E-state index contributed by atoms with van der Waals surface area (Å²) in [4.78, 5) is 32.0. The van der Waals surface area contributed by atoms with Crippen molar-refractivity contribution in [1.29, 1.82) is 0 Å². The molecule has 0 bridgehead atoms. The van der Waals surface area contributed by atoms with E-state index in [2.05, 4.69) is 10.3 Å². The molecule has 0 aromatic heterocycles. The summed E-state index contributed by atoms with van der Waals surface area (Å²) < 4.78 is 20.0. The van der Waals surface area contributed by atoms with Gasteiger partial charge in [-0.2, -0.15) is 0 Å². The number of ether oxygens (including phenoxy) is 1. The van der Waals surface area contributed by atoms with E-state index in [4.69, 9.17) is 4.74 Å². The molecule has 0 radical (unpaired) electrons. The Balaban J connectivity index is 1.65. The van der Waals surface area contributed by atoms with Crippen molar-refractivity contribution in [3.8, 4) is 0 Å². The van der Waals surface area contributed by atoms with Gasteiger partial charge in [0.25, 0.3) is 0 Å². The van der Waals surface area contributed by atoms with Crippen molar-refractivity contribution in [1.82, 2.24) is 10.2 Å². The van der Waals surface area contributed by atoms with Crippen LogP contribution in [0.5, 0.6) is 0 Å². The minimum Gasteiger partial charge on any atom is -0.466 e. The average Bonchev–Trinajstić information content (AvgIpc) is 3.24. The van der Waals surface area contributed by atoms with Crippen LogP contribution in [0.15, 0.2) is 82.0 Å². The summed E-state index contributed by atoms with van der Waals surface area (Å²) in [5.74, 6) is -1.18. The molecule has 2 aliphatic heterocycles. The van der Waals surface area contributed by atoms with Crippen molar-refractivity contribution in [2.75, 3.05) is 7.11 Å². The maximum absolute atomic E-state index is 15.0. The zero-order chi connectivity index (χ0) is 23.4. The number of thioether (sulfide) groups is 1. The number of nitrogens with zero attached hydrogens (tertiary/aromatic N) is 2. The first-order valence-corrected chi connectivity index (χ1v) is 11.5. The molecule has 0 fully saturated rings. The number of hydrogen-bond acceptors (Lipinski definition) is 6. The van der Waals surface area contributed by atoms with Crippen LogP contribution in [0, 0.1) is 5.82 Å². The molecular weight excluding hydrogens is 441 g/mol. The molecule has 1 atom stereocenters. The fourth-order valence-electron chi connectivity index (χ4n) is 3.93. The second-order valence-corrected chi connectivity index (χ2v) is 8.40. The number of hydrogen-bond donors (Lipinski definition) is 1. The summed E-state index contributed by atoms with van der Waals surface area (Å²) in [5.41, 5.74) is 2.81. The fraction of sp³-hybridized carbons (Fsp3) is 0.240. The van der Waals surface area contributed by atoms with E-state index < -0.39 is 17.8 Å². The van der Waals surface area contributed by atoms with Crippen molar-refractivity contribution in [2.24, 2.45) is 4.99 Å². The minimum atomic E-state index is -0.774. The lowest BCUT2D eigenvalue weighted by molar-refractivity contribution is -0.136. The Bertz CT molecular complexity index is 1160. The van der Waals surface area contributed by atoms with Gasteiger partial charge in [0.15, 0.2) is 5.17 Å². The van der Waals surface area contributed by atoms with Gasteiger partial charge in [0.05, 0.1) is 30.8 Å². The van der Waals surface area contributed by atoms with Crippen molar-refractivity contribution < 1.29 is 18.7 Å². The maximum atomic E-state index is 15.0. The van der Waals surface area contributed by atoms with Crippen molar-refractivity contribution in [2.45, 2.75) is 32.4 Å². The van der Waals surface area contributed by atoms with E-state index in [0.29, 0.717) is 35.1 Å². The van der Waals surface area contributed by atoms with Crippen LogP contribution < -0.4 is 5.32 Å². The summed E-state index contributed by atoms with van der Waals surface area (Å²) in [7, 11) is 1.30. The Kier molecular flexibility index (Phi) is 6.93. The van der Waals surface area contributed by atoms with Gasteiger partial charge in [0.2, 0.25) is 5.91 Å². The highest BCUT2D eigenvalue weighted by Gasteiger charge is 2.42. The third kappa shape index (κ3) is 4.71. The summed E-state index contributed by atoms with van der Waals surface area (Å²) in [6.45, 7) is 2.30. The monoisotopic (exact) mass is 465 g/mol. The molecule has 0 saturated carbocycles. The third-order valence-electron chi connectivity index (χ3n) is 5.50. The second-order valence-electron chi connectivity index (χ2n) is 7.56. The zero-order valence-corrected chi connectivity index (χ0v) is 19.2. The first-order valence-electron chi connectivity index (χ1n) is 10.6. The lowest BCUT2D eigenvalue weighted by Gasteiger charge is -2.36. The van der Waals surface area contributed by atoms with Gasteiger partial charge in [0.1, 0.15) is 5.82 Å². The van der Waals surface area contributed by atoms with Gasteiger partial charge < -0.3 is 15.0 Å². The van der Waals surface area contributed by atoms with Crippen LogP contribution in [0.2, 0.25) is 0 Å². The number of halogens is 1. The molecule has 0 saturated heterocycles. The predicted molar refractivity (Wildman–Crippen MR) is 126 cm³/mol. The quantitative estimate of drug-likeness (QED) is 0.602. The summed E-state index contributed by atoms with van der Waals surface area (Å²) in [6, 6.07) is 15.2. The smallest absolute Gasteiger partial charge is 0.338 e. The van der Waals surface area contributed by atoms with Gasteiger partial charge in [0, 0.05) is 17.8 Å². The molecule has 2 heterocycles. The van der Waals surface area contributed by atoms with Crippen LogP contribution in [0.1, 0.15) is 36.9 Å². The van der Waals surface area contributed by atoms with Crippen LogP contribution in [0.3, 0.4) is 0 Å². The average molecular weight is 466 g/mol. The Morgan fingerprint density at radius 3 is 2.58 bits per heavy atom. The first-order chi connectivity index (χ1) is 16.0. The molecule has 6 nitrogen and oxygen atoms in total. The molecule has 2 aromatic rings. The molecule has 0 aliphatic carbocycles. The highest BCUT2D eigenvalue weighted by atomic mass is 32.2. The van der Waals surface area contributed by atoms with E-state index in [1.165, 1.54) is 24.9 Å². The summed E-state index contributed by atoms with van der Waals surface area (Å²) >= 11 is 1.36. The minimum absolute atomic E-state index is 0.0692. The van der Waals surface area contributed by atoms with Crippen LogP contribution >= 0.6 is 11.8 Å². The molecule has 0 unspecified atom stereocenters. The Hall–Kier alpha value is -3.39. The molecule has 170 valence electrons. The largest absolute Gasteiger partial charge is 0.466 e. The SMILES string of the molecule is CCC1=C(C(=O)OC)[C@H](c2ccccc2F)N2C(CC(=O)NCc3ccccc3)=CSC2=N1. The fourth-order valence-corrected chi connectivity index (χ4v) is 4.86. The number of allylic oxidation sites excluding steroid dienone is 1. The molecule has 8 heteroatoms. The molecule has 2 aliphatic rings. The molecule has 1 N–H and O–H groups in total. The zero-order valence-electron chi connectivity index (χ0n) is 18.4. The normalized spacial score (nSPS) is 17.3. The first kappa shape index (κ1) is 22.8. The van der Waals surface area contributed by atoms with E-state index in [-0.39, 0.29) is 17.9 Å². The molecule has 1 amide bonds. The summed E-state index contributed by atoms with van der Waals surface area (Å²) in [5, 5.41) is 5.36. The number of carbonyl (C=O) groups excluding carboxylic acids is 2. The van der Waals surface area contributed by atoms with Gasteiger partial charge in [-0.1, -0.05) is 67.2 Å².